The Bertz CT molecular complexity index is 1430. The maximum atomic E-state index is 13.2. The van der Waals surface area contributed by atoms with Gasteiger partial charge in [-0.1, -0.05) is 55.1 Å². The predicted molar refractivity (Wildman–Crippen MR) is 147 cm³/mol. The summed E-state index contributed by atoms with van der Waals surface area (Å²) in [6.45, 7) is 3.71. The number of benzene rings is 3. The minimum Gasteiger partial charge on any atom is -0.349 e. The average Bonchev–Trinajstić information content (AvgIpc) is 2.87. The van der Waals surface area contributed by atoms with Gasteiger partial charge < -0.3 is 10.6 Å². The van der Waals surface area contributed by atoms with Crippen molar-refractivity contribution in [1.82, 2.24) is 5.32 Å². The Morgan fingerprint density at radius 2 is 1.57 bits per heavy atom. The SMILES string of the molecule is Cc1cccc(NS(=O)(=O)c2cc(C(=O)Nc3ccccc3C(=O)NC3CCCCC3)ccc2Cl)c1C. The zero-order chi connectivity index (χ0) is 26.6. The van der Waals surface area contributed by atoms with Crippen LogP contribution in [-0.2, 0) is 10.0 Å². The molecule has 0 heterocycles. The van der Waals surface area contributed by atoms with Crippen molar-refractivity contribution < 1.29 is 18.0 Å². The fourth-order valence-corrected chi connectivity index (χ4v) is 6.06. The van der Waals surface area contributed by atoms with Crippen molar-refractivity contribution in [2.75, 3.05) is 10.0 Å². The molecule has 3 N–H and O–H groups in total. The number of aryl methyl sites for hydroxylation is 1. The van der Waals surface area contributed by atoms with E-state index in [-0.39, 0.29) is 27.4 Å². The molecule has 3 aromatic carbocycles. The second kappa shape index (κ2) is 11.4. The van der Waals surface area contributed by atoms with Crippen LogP contribution in [0.4, 0.5) is 11.4 Å². The molecule has 1 saturated carbocycles. The highest BCUT2D eigenvalue weighted by atomic mass is 35.5. The molecule has 1 fully saturated rings. The van der Waals surface area contributed by atoms with Crippen LogP contribution in [0, 0.1) is 13.8 Å². The number of hydrogen-bond donors (Lipinski definition) is 3. The zero-order valence-corrected chi connectivity index (χ0v) is 22.4. The van der Waals surface area contributed by atoms with Gasteiger partial charge in [-0.2, -0.15) is 0 Å². The minimum atomic E-state index is -4.08. The number of carbonyl (C=O) groups is 2. The first kappa shape index (κ1) is 26.7. The number of hydrogen-bond acceptors (Lipinski definition) is 4. The molecule has 4 rings (SSSR count). The van der Waals surface area contributed by atoms with Gasteiger partial charge in [-0.3, -0.25) is 14.3 Å². The maximum absolute atomic E-state index is 13.2. The molecule has 7 nitrogen and oxygen atoms in total. The van der Waals surface area contributed by atoms with Crippen LogP contribution >= 0.6 is 11.6 Å². The van der Waals surface area contributed by atoms with Crippen molar-refractivity contribution in [1.29, 1.82) is 0 Å². The molecule has 0 bridgehead atoms. The van der Waals surface area contributed by atoms with E-state index in [1.807, 2.05) is 19.9 Å². The van der Waals surface area contributed by atoms with Crippen molar-refractivity contribution in [2.24, 2.45) is 0 Å². The van der Waals surface area contributed by atoms with E-state index >= 15 is 0 Å². The van der Waals surface area contributed by atoms with Gasteiger partial charge in [0.05, 0.1) is 22.0 Å². The second-order valence-electron chi connectivity index (χ2n) is 9.31. The number of halogens is 1. The maximum Gasteiger partial charge on any atom is 0.263 e. The number of carbonyl (C=O) groups excluding carboxylic acids is 2. The third kappa shape index (κ3) is 6.32. The van der Waals surface area contributed by atoms with Gasteiger partial charge >= 0.3 is 0 Å². The Balaban J connectivity index is 1.55. The largest absolute Gasteiger partial charge is 0.349 e. The van der Waals surface area contributed by atoms with E-state index in [4.69, 9.17) is 11.6 Å². The van der Waals surface area contributed by atoms with Gasteiger partial charge in [-0.25, -0.2) is 8.42 Å². The number of para-hydroxylation sites is 1. The smallest absolute Gasteiger partial charge is 0.263 e. The van der Waals surface area contributed by atoms with Gasteiger partial charge in [0.1, 0.15) is 4.90 Å². The molecule has 1 aliphatic carbocycles. The van der Waals surface area contributed by atoms with Gasteiger partial charge in [-0.15, -0.1) is 0 Å². The normalized spacial score (nSPS) is 14.1. The van der Waals surface area contributed by atoms with Gasteiger partial charge in [-0.05, 0) is 74.2 Å². The molecule has 0 aromatic heterocycles. The first-order chi connectivity index (χ1) is 17.7. The lowest BCUT2D eigenvalue weighted by Crippen LogP contribution is -2.36. The molecule has 9 heteroatoms. The molecule has 0 spiro atoms. The summed E-state index contributed by atoms with van der Waals surface area (Å²) in [5.74, 6) is -0.808. The van der Waals surface area contributed by atoms with E-state index in [0.717, 1.165) is 36.8 Å². The van der Waals surface area contributed by atoms with Crippen molar-refractivity contribution >= 4 is 44.8 Å². The Kier molecular flexibility index (Phi) is 8.19. The summed E-state index contributed by atoms with van der Waals surface area (Å²) < 4.78 is 28.9. The molecule has 37 heavy (non-hydrogen) atoms. The summed E-state index contributed by atoms with van der Waals surface area (Å²) in [6, 6.07) is 16.2. The summed E-state index contributed by atoms with van der Waals surface area (Å²) in [5, 5.41) is 5.80. The quantitative estimate of drug-likeness (QED) is 0.339. The number of nitrogens with one attached hydrogen (secondary N) is 3. The van der Waals surface area contributed by atoms with Crippen molar-refractivity contribution in [3.63, 3.8) is 0 Å². The van der Waals surface area contributed by atoms with Crippen LogP contribution in [-0.4, -0.2) is 26.3 Å². The van der Waals surface area contributed by atoms with Crippen LogP contribution in [0.15, 0.2) is 65.6 Å². The standard InChI is InChI=1S/C28H30ClN3O4S/c1-18-9-8-14-24(19(18)2)32-37(35,36)26-17-20(15-16-23(26)29)27(33)31-25-13-7-6-12-22(25)28(34)30-21-10-4-3-5-11-21/h6-9,12-17,21,32H,3-5,10-11H2,1-2H3,(H,30,34)(H,31,33). The molecule has 2 amide bonds. The van der Waals surface area contributed by atoms with Crippen molar-refractivity contribution in [2.45, 2.75) is 56.9 Å². The number of anilines is 2. The number of amides is 2. The summed E-state index contributed by atoms with van der Waals surface area (Å²) >= 11 is 6.24. The summed E-state index contributed by atoms with van der Waals surface area (Å²) in [4.78, 5) is 25.8. The molecule has 194 valence electrons. The lowest BCUT2D eigenvalue weighted by atomic mass is 9.95. The molecule has 0 unspecified atom stereocenters. The Morgan fingerprint density at radius 1 is 0.865 bits per heavy atom. The molecule has 0 saturated heterocycles. The van der Waals surface area contributed by atoms with Gasteiger partial charge in [0, 0.05) is 11.6 Å². The van der Waals surface area contributed by atoms with Crippen LogP contribution < -0.4 is 15.4 Å². The van der Waals surface area contributed by atoms with Gasteiger partial charge in [0.15, 0.2) is 0 Å². The lowest BCUT2D eigenvalue weighted by molar-refractivity contribution is 0.0928. The average molecular weight is 540 g/mol. The first-order valence-corrected chi connectivity index (χ1v) is 14.1. The molecule has 0 radical (unpaired) electrons. The molecule has 0 aliphatic heterocycles. The highest BCUT2D eigenvalue weighted by Crippen LogP contribution is 2.28. The molecular formula is C28H30ClN3O4S. The van der Waals surface area contributed by atoms with Crippen molar-refractivity contribution in [3.8, 4) is 0 Å². The van der Waals surface area contributed by atoms with Crippen molar-refractivity contribution in [3.05, 3.63) is 87.9 Å². The summed E-state index contributed by atoms with van der Waals surface area (Å²) in [7, 11) is -4.08. The molecule has 0 atom stereocenters. The third-order valence-corrected chi connectivity index (χ3v) is 8.54. The van der Waals surface area contributed by atoms with E-state index in [2.05, 4.69) is 15.4 Å². The fraction of sp³-hybridized carbons (Fsp3) is 0.286. The topological polar surface area (TPSA) is 104 Å². The summed E-state index contributed by atoms with van der Waals surface area (Å²) in [6.07, 6.45) is 5.24. The highest BCUT2D eigenvalue weighted by Gasteiger charge is 2.23. The van der Waals surface area contributed by atoms with E-state index in [1.54, 1.807) is 36.4 Å². The van der Waals surface area contributed by atoms with Crippen LogP contribution in [0.5, 0.6) is 0 Å². The third-order valence-electron chi connectivity index (χ3n) is 6.69. The van der Waals surface area contributed by atoms with E-state index in [9.17, 15) is 18.0 Å². The summed E-state index contributed by atoms with van der Waals surface area (Å²) in [5.41, 5.74) is 2.94. The van der Waals surface area contributed by atoms with E-state index in [1.165, 1.54) is 24.6 Å². The molecule has 1 aliphatic rings. The van der Waals surface area contributed by atoms with Gasteiger partial charge in [0.25, 0.3) is 21.8 Å². The van der Waals surface area contributed by atoms with Crippen LogP contribution in [0.25, 0.3) is 0 Å². The second-order valence-corrected chi connectivity index (χ2v) is 11.4. The molecular weight excluding hydrogens is 510 g/mol. The monoisotopic (exact) mass is 539 g/mol. The highest BCUT2D eigenvalue weighted by molar-refractivity contribution is 7.92. The molecule has 3 aromatic rings. The zero-order valence-electron chi connectivity index (χ0n) is 20.8. The Morgan fingerprint density at radius 3 is 2.32 bits per heavy atom. The minimum absolute atomic E-state index is 0.0124. The van der Waals surface area contributed by atoms with Crippen LogP contribution in [0.1, 0.15) is 63.9 Å². The predicted octanol–water partition coefficient (Wildman–Crippen LogP) is 6.07. The van der Waals surface area contributed by atoms with E-state index in [0.29, 0.717) is 16.9 Å². The van der Waals surface area contributed by atoms with Crippen LogP contribution in [0.3, 0.4) is 0 Å². The lowest BCUT2D eigenvalue weighted by Gasteiger charge is -2.23. The Labute approximate surface area is 222 Å². The first-order valence-electron chi connectivity index (χ1n) is 12.3. The van der Waals surface area contributed by atoms with Gasteiger partial charge in [0.2, 0.25) is 0 Å². The fourth-order valence-electron chi connectivity index (χ4n) is 4.41. The van der Waals surface area contributed by atoms with Crippen LogP contribution in [0.2, 0.25) is 5.02 Å². The number of sulfonamides is 1. The number of rotatable bonds is 7. The Hall–Kier alpha value is -3.36. The van der Waals surface area contributed by atoms with E-state index < -0.39 is 15.9 Å².